The lowest BCUT2D eigenvalue weighted by Gasteiger charge is -2.09. The first-order valence-corrected chi connectivity index (χ1v) is 9.20. The molecule has 8 heteroatoms. The lowest BCUT2D eigenvalue weighted by Crippen LogP contribution is -2.21. The third-order valence-corrected chi connectivity index (χ3v) is 4.84. The van der Waals surface area contributed by atoms with E-state index in [9.17, 15) is 14.4 Å². The van der Waals surface area contributed by atoms with Gasteiger partial charge in [-0.05, 0) is 29.8 Å². The van der Waals surface area contributed by atoms with Crippen molar-refractivity contribution in [3.63, 3.8) is 0 Å². The van der Waals surface area contributed by atoms with E-state index in [1.165, 1.54) is 23.9 Å². The van der Waals surface area contributed by atoms with Crippen molar-refractivity contribution in [3.05, 3.63) is 81.2 Å². The van der Waals surface area contributed by atoms with Gasteiger partial charge in [0.05, 0.1) is 12.9 Å². The van der Waals surface area contributed by atoms with Crippen LogP contribution in [0.5, 0.6) is 0 Å². The fourth-order valence-electron chi connectivity index (χ4n) is 3.55. The van der Waals surface area contributed by atoms with E-state index >= 15 is 0 Å². The van der Waals surface area contributed by atoms with E-state index in [0.717, 1.165) is 5.39 Å². The second kappa shape index (κ2) is 6.70. The number of carbonyl (C=O) groups excluding carboxylic acids is 1. The molecule has 1 amide bonds. The standard InChI is InChI=1S/C22H15N3O5/c1-12(26)24-14-6-7-15-13(8-19(27)29-18(15)9-14)10-25-11-23-20-16-4-2-3-5-17(16)30-21(20)22(25)28/h2-9,11H,10H2,1H3,(H,24,26). The molecule has 5 rings (SSSR count). The highest BCUT2D eigenvalue weighted by Gasteiger charge is 2.15. The number of nitrogens with one attached hydrogen (secondary N) is 1. The summed E-state index contributed by atoms with van der Waals surface area (Å²) in [5.74, 6) is -0.232. The van der Waals surface area contributed by atoms with Crippen molar-refractivity contribution in [1.29, 1.82) is 0 Å². The molecule has 3 heterocycles. The summed E-state index contributed by atoms with van der Waals surface area (Å²) in [7, 11) is 0. The SMILES string of the molecule is CC(=O)Nc1ccc2c(Cn3cnc4c(oc5ccccc54)c3=O)cc(=O)oc2c1. The van der Waals surface area contributed by atoms with Crippen LogP contribution in [0, 0.1) is 0 Å². The summed E-state index contributed by atoms with van der Waals surface area (Å²) in [6.45, 7) is 1.50. The molecule has 0 saturated heterocycles. The average Bonchev–Trinajstić information content (AvgIpc) is 3.09. The van der Waals surface area contributed by atoms with Crippen LogP contribution in [0.3, 0.4) is 0 Å². The van der Waals surface area contributed by atoms with Crippen LogP contribution in [0.15, 0.2) is 73.3 Å². The molecule has 0 bridgehead atoms. The lowest BCUT2D eigenvalue weighted by molar-refractivity contribution is -0.114. The number of fused-ring (bicyclic) bond motifs is 4. The number of nitrogens with zero attached hydrogens (tertiary/aromatic N) is 2. The van der Waals surface area contributed by atoms with Crippen molar-refractivity contribution in [3.8, 4) is 0 Å². The van der Waals surface area contributed by atoms with E-state index in [1.807, 2.05) is 18.2 Å². The van der Waals surface area contributed by atoms with Crippen LogP contribution in [0.4, 0.5) is 5.69 Å². The second-order valence-corrected chi connectivity index (χ2v) is 6.94. The van der Waals surface area contributed by atoms with Gasteiger partial charge in [-0.25, -0.2) is 9.78 Å². The molecule has 30 heavy (non-hydrogen) atoms. The molecule has 0 unspecified atom stereocenters. The van der Waals surface area contributed by atoms with Crippen molar-refractivity contribution in [2.24, 2.45) is 0 Å². The second-order valence-electron chi connectivity index (χ2n) is 6.94. The molecular formula is C22H15N3O5. The number of aromatic nitrogens is 2. The Morgan fingerprint density at radius 3 is 2.70 bits per heavy atom. The van der Waals surface area contributed by atoms with E-state index in [2.05, 4.69) is 10.3 Å². The topological polar surface area (TPSA) is 107 Å². The van der Waals surface area contributed by atoms with E-state index in [-0.39, 0.29) is 23.6 Å². The fourth-order valence-corrected chi connectivity index (χ4v) is 3.55. The van der Waals surface area contributed by atoms with Gasteiger partial charge in [0, 0.05) is 35.5 Å². The van der Waals surface area contributed by atoms with Gasteiger partial charge in [-0.1, -0.05) is 12.1 Å². The Morgan fingerprint density at radius 1 is 1.03 bits per heavy atom. The van der Waals surface area contributed by atoms with E-state index < -0.39 is 5.63 Å². The van der Waals surface area contributed by atoms with Crippen molar-refractivity contribution in [2.45, 2.75) is 13.5 Å². The average molecular weight is 401 g/mol. The zero-order valence-corrected chi connectivity index (χ0v) is 15.8. The zero-order chi connectivity index (χ0) is 20.8. The molecule has 2 aromatic carbocycles. The molecule has 0 saturated carbocycles. The van der Waals surface area contributed by atoms with Gasteiger partial charge in [0.1, 0.15) is 16.7 Å². The Morgan fingerprint density at radius 2 is 1.87 bits per heavy atom. The van der Waals surface area contributed by atoms with Crippen molar-refractivity contribution >= 4 is 44.6 Å². The van der Waals surface area contributed by atoms with E-state index in [4.69, 9.17) is 8.83 Å². The first-order chi connectivity index (χ1) is 14.5. The number of hydrogen-bond acceptors (Lipinski definition) is 6. The number of amides is 1. The van der Waals surface area contributed by atoms with Crippen molar-refractivity contribution in [2.75, 3.05) is 5.32 Å². The van der Waals surface area contributed by atoms with Gasteiger partial charge < -0.3 is 14.2 Å². The van der Waals surface area contributed by atoms with Gasteiger partial charge in [0.25, 0.3) is 5.56 Å². The van der Waals surface area contributed by atoms with Crippen molar-refractivity contribution in [1.82, 2.24) is 9.55 Å². The largest absolute Gasteiger partial charge is 0.448 e. The Bertz CT molecular complexity index is 1580. The molecule has 0 radical (unpaired) electrons. The Hall–Kier alpha value is -4.20. The van der Waals surface area contributed by atoms with Crippen LogP contribution >= 0.6 is 0 Å². The number of hydrogen-bond donors (Lipinski definition) is 1. The van der Waals surface area contributed by atoms with Crippen LogP contribution in [-0.2, 0) is 11.3 Å². The molecule has 0 aliphatic rings. The number of para-hydroxylation sites is 1. The number of rotatable bonds is 3. The molecule has 3 aromatic heterocycles. The minimum Gasteiger partial charge on any atom is -0.448 e. The molecule has 1 N–H and O–H groups in total. The number of anilines is 1. The molecule has 5 aromatic rings. The summed E-state index contributed by atoms with van der Waals surface area (Å²) in [6.07, 6.45) is 1.44. The minimum atomic E-state index is -0.553. The maximum absolute atomic E-state index is 13.0. The Labute approximate surface area is 168 Å². The molecule has 8 nitrogen and oxygen atoms in total. The predicted octanol–water partition coefficient (Wildman–Crippen LogP) is 3.26. The van der Waals surface area contributed by atoms with Gasteiger partial charge in [-0.2, -0.15) is 0 Å². The Kier molecular flexibility index (Phi) is 3.99. The molecule has 0 fully saturated rings. The predicted molar refractivity (Wildman–Crippen MR) is 112 cm³/mol. The third kappa shape index (κ3) is 2.95. The van der Waals surface area contributed by atoms with Gasteiger partial charge in [-0.15, -0.1) is 0 Å². The number of benzene rings is 2. The van der Waals surface area contributed by atoms with Crippen LogP contribution in [0.1, 0.15) is 12.5 Å². The zero-order valence-electron chi connectivity index (χ0n) is 15.8. The third-order valence-electron chi connectivity index (χ3n) is 4.84. The van der Waals surface area contributed by atoms with E-state index in [0.29, 0.717) is 33.3 Å². The Balaban J connectivity index is 1.63. The number of carbonyl (C=O) groups is 1. The molecule has 0 atom stereocenters. The van der Waals surface area contributed by atoms with Gasteiger partial charge in [0.2, 0.25) is 11.5 Å². The van der Waals surface area contributed by atoms with Gasteiger partial charge >= 0.3 is 5.63 Å². The van der Waals surface area contributed by atoms with Crippen LogP contribution in [-0.4, -0.2) is 15.5 Å². The van der Waals surface area contributed by atoms with Crippen molar-refractivity contribution < 1.29 is 13.6 Å². The maximum Gasteiger partial charge on any atom is 0.336 e. The number of furan rings is 1. The molecule has 0 aliphatic heterocycles. The summed E-state index contributed by atoms with van der Waals surface area (Å²) in [4.78, 5) is 40.7. The van der Waals surface area contributed by atoms with Gasteiger partial charge in [0.15, 0.2) is 0 Å². The summed E-state index contributed by atoms with van der Waals surface area (Å²) >= 11 is 0. The maximum atomic E-state index is 13.0. The molecule has 0 aliphatic carbocycles. The molecule has 0 spiro atoms. The minimum absolute atomic E-state index is 0.112. The van der Waals surface area contributed by atoms with Crippen LogP contribution in [0.25, 0.3) is 33.0 Å². The van der Waals surface area contributed by atoms with E-state index in [1.54, 1.807) is 24.3 Å². The summed E-state index contributed by atoms with van der Waals surface area (Å²) in [6, 6.07) is 13.7. The monoisotopic (exact) mass is 401 g/mol. The summed E-state index contributed by atoms with van der Waals surface area (Å²) < 4.78 is 12.4. The summed E-state index contributed by atoms with van der Waals surface area (Å²) in [5, 5.41) is 4.07. The normalized spacial score (nSPS) is 11.4. The molecule has 148 valence electrons. The highest BCUT2D eigenvalue weighted by Crippen LogP contribution is 2.25. The highest BCUT2D eigenvalue weighted by atomic mass is 16.4. The first kappa shape index (κ1) is 17.9. The lowest BCUT2D eigenvalue weighted by atomic mass is 10.1. The van der Waals surface area contributed by atoms with Gasteiger partial charge in [-0.3, -0.25) is 14.2 Å². The molecular weight excluding hydrogens is 386 g/mol. The quantitative estimate of drug-likeness (QED) is 0.465. The fraction of sp³-hybridized carbons (Fsp3) is 0.0909. The summed E-state index contributed by atoms with van der Waals surface area (Å²) in [5.41, 5.74) is 1.78. The smallest absolute Gasteiger partial charge is 0.336 e. The van der Waals surface area contributed by atoms with Crippen LogP contribution < -0.4 is 16.5 Å². The highest BCUT2D eigenvalue weighted by molar-refractivity contribution is 6.01. The van der Waals surface area contributed by atoms with Crippen LogP contribution in [0.2, 0.25) is 0 Å². The first-order valence-electron chi connectivity index (χ1n) is 9.20.